The zero-order valence-corrected chi connectivity index (χ0v) is 22.1. The fourth-order valence-electron chi connectivity index (χ4n) is 4.82. The number of hydrogen-bond donors (Lipinski definition) is 1. The van der Waals surface area contributed by atoms with Crippen molar-refractivity contribution in [2.24, 2.45) is 0 Å². The van der Waals surface area contributed by atoms with E-state index in [9.17, 15) is 13.4 Å². The van der Waals surface area contributed by atoms with E-state index in [0.29, 0.717) is 28.9 Å². The Morgan fingerprint density at radius 1 is 1.08 bits per heavy atom. The molecule has 3 atom stereocenters. The number of hydrogen-bond acceptors (Lipinski definition) is 5. The molecule has 5 rings (SSSR count). The molecular weight excluding hydrogens is 537 g/mol. The van der Waals surface area contributed by atoms with Crippen LogP contribution in [-0.4, -0.2) is 25.0 Å². The smallest absolute Gasteiger partial charge is 0.274 e. The lowest BCUT2D eigenvalue weighted by molar-refractivity contribution is 0.586. The van der Waals surface area contributed by atoms with Gasteiger partial charge in [0.15, 0.2) is 5.82 Å². The van der Waals surface area contributed by atoms with E-state index in [4.69, 9.17) is 16.4 Å². The minimum absolute atomic E-state index is 0.121. The fourth-order valence-corrected chi connectivity index (χ4v) is 5.88. The number of pyridine rings is 3. The van der Waals surface area contributed by atoms with Crippen molar-refractivity contribution in [3.8, 4) is 16.9 Å². The van der Waals surface area contributed by atoms with Crippen molar-refractivity contribution in [1.29, 1.82) is 4.78 Å². The lowest BCUT2D eigenvalue weighted by atomic mass is 10.1. The molecule has 1 aliphatic rings. The topological polar surface area (TPSA) is 88.7 Å². The van der Waals surface area contributed by atoms with Crippen LogP contribution >= 0.6 is 11.6 Å². The third-order valence-electron chi connectivity index (χ3n) is 6.73. The molecule has 38 heavy (non-hydrogen) atoms. The first kappa shape index (κ1) is 26.1. The molecule has 1 fully saturated rings. The molecule has 0 bridgehead atoms. The van der Waals surface area contributed by atoms with E-state index in [0.717, 1.165) is 10.8 Å². The third kappa shape index (κ3) is 4.31. The Bertz CT molecular complexity index is 1790. The quantitative estimate of drug-likeness (QED) is 0.312. The Morgan fingerprint density at radius 2 is 1.82 bits per heavy atom. The Kier molecular flexibility index (Phi) is 6.43. The molecule has 0 saturated heterocycles. The molecule has 1 N–H and O–H groups in total. The summed E-state index contributed by atoms with van der Waals surface area (Å²) in [4.78, 5) is 21.3. The monoisotopic (exact) mass is 558 g/mol. The van der Waals surface area contributed by atoms with Crippen LogP contribution in [0.1, 0.15) is 40.8 Å². The maximum atomic E-state index is 16.0. The summed E-state index contributed by atoms with van der Waals surface area (Å²) in [5, 5.41) is -0.121. The van der Waals surface area contributed by atoms with Gasteiger partial charge < -0.3 is 0 Å². The van der Waals surface area contributed by atoms with Crippen LogP contribution in [0.4, 0.5) is 13.2 Å². The number of aromatic nitrogens is 3. The lowest BCUT2D eigenvalue weighted by Crippen LogP contribution is -2.24. The van der Waals surface area contributed by atoms with Crippen LogP contribution in [0.3, 0.4) is 0 Å². The average molecular weight is 559 g/mol. The molecule has 6 nitrogen and oxygen atoms in total. The van der Waals surface area contributed by atoms with Crippen LogP contribution in [0.2, 0.25) is 5.02 Å². The molecule has 0 amide bonds. The fraction of sp³-hybridized carbons (Fsp3) is 0.222. The van der Waals surface area contributed by atoms with Gasteiger partial charge in [0, 0.05) is 35.8 Å². The molecule has 11 heteroatoms. The summed E-state index contributed by atoms with van der Waals surface area (Å²) < 4.78 is 66.5. The van der Waals surface area contributed by atoms with Crippen molar-refractivity contribution in [3.63, 3.8) is 0 Å². The summed E-state index contributed by atoms with van der Waals surface area (Å²) in [5.74, 6) is -2.85. The van der Waals surface area contributed by atoms with Crippen LogP contribution in [0.15, 0.2) is 58.5 Å². The zero-order valence-electron chi connectivity index (χ0n) is 20.6. The summed E-state index contributed by atoms with van der Waals surface area (Å²) >= 11 is 6.51. The molecule has 1 aliphatic carbocycles. The minimum Gasteiger partial charge on any atom is -0.277 e. The highest BCUT2D eigenvalue weighted by atomic mass is 35.5. The van der Waals surface area contributed by atoms with E-state index < -0.39 is 38.4 Å². The summed E-state index contributed by atoms with van der Waals surface area (Å²) in [6.45, 7) is 3.17. The number of aryl methyl sites for hydroxylation is 2. The number of halogens is 4. The first-order valence-corrected chi connectivity index (χ1v) is 14.0. The normalized spacial score (nSPS) is 18.3. The minimum atomic E-state index is -3.43. The van der Waals surface area contributed by atoms with Crippen LogP contribution in [-0.2, 0) is 9.73 Å². The van der Waals surface area contributed by atoms with E-state index in [1.165, 1.54) is 42.7 Å². The SMILES string of the molecule is Cc1cnc(-c2cccc([S@](C)(=N)=O)c2F)c(F)c1-n1c(C)cc([C@H]2C[C@@H]2c2ncccc2F)c(Cl)c1=O. The molecule has 1 saturated carbocycles. The van der Waals surface area contributed by atoms with Gasteiger partial charge in [-0.05, 0) is 67.6 Å². The van der Waals surface area contributed by atoms with Crippen molar-refractivity contribution < 1.29 is 17.4 Å². The van der Waals surface area contributed by atoms with Gasteiger partial charge in [0.1, 0.15) is 22.4 Å². The summed E-state index contributed by atoms with van der Waals surface area (Å²) in [5.41, 5.74) is 0.00687. The maximum absolute atomic E-state index is 16.0. The highest BCUT2D eigenvalue weighted by molar-refractivity contribution is 7.91. The highest BCUT2D eigenvalue weighted by Gasteiger charge is 2.44. The lowest BCUT2D eigenvalue weighted by Gasteiger charge is -2.18. The Balaban J connectivity index is 1.63. The van der Waals surface area contributed by atoms with E-state index in [1.54, 1.807) is 19.9 Å². The van der Waals surface area contributed by atoms with Crippen molar-refractivity contribution in [3.05, 3.63) is 104 Å². The van der Waals surface area contributed by atoms with Gasteiger partial charge in [-0.2, -0.15) is 0 Å². The molecule has 3 heterocycles. The van der Waals surface area contributed by atoms with E-state index in [1.807, 2.05) is 0 Å². The largest absolute Gasteiger partial charge is 0.277 e. The second-order valence-corrected chi connectivity index (χ2v) is 11.9. The molecule has 0 aliphatic heterocycles. The number of rotatable bonds is 5. The molecule has 4 aromatic rings. The van der Waals surface area contributed by atoms with Gasteiger partial charge in [0.25, 0.3) is 5.56 Å². The standard InChI is InChI=1S/C27H22ClF3N4O2S/c1-13-12-34-25(15-6-4-8-20(22(15)30)38(3,32)37)23(31)26(13)35-14(2)10-17(21(28)27(35)36)16-11-18(16)24-19(29)7-5-9-33-24/h4-10,12,16,18,32H,11H2,1-3H3/t16-,18+,38-/m1/s1. The number of nitrogens with zero attached hydrogens (tertiary/aromatic N) is 3. The summed E-state index contributed by atoms with van der Waals surface area (Å²) in [6.07, 6.45) is 4.44. The van der Waals surface area contributed by atoms with Crippen LogP contribution in [0, 0.1) is 36.1 Å². The van der Waals surface area contributed by atoms with Crippen molar-refractivity contribution in [2.75, 3.05) is 6.26 Å². The van der Waals surface area contributed by atoms with Crippen molar-refractivity contribution in [2.45, 2.75) is 37.0 Å². The Morgan fingerprint density at radius 3 is 2.50 bits per heavy atom. The van der Waals surface area contributed by atoms with Gasteiger partial charge in [-0.15, -0.1) is 0 Å². The van der Waals surface area contributed by atoms with Crippen LogP contribution < -0.4 is 5.56 Å². The van der Waals surface area contributed by atoms with E-state index in [-0.39, 0.29) is 33.0 Å². The van der Waals surface area contributed by atoms with Crippen LogP contribution in [0.5, 0.6) is 0 Å². The highest BCUT2D eigenvalue weighted by Crippen LogP contribution is 2.55. The molecule has 0 spiro atoms. The van der Waals surface area contributed by atoms with Crippen molar-refractivity contribution in [1.82, 2.24) is 14.5 Å². The molecule has 0 unspecified atom stereocenters. The van der Waals surface area contributed by atoms with Gasteiger partial charge in [-0.25, -0.2) is 22.2 Å². The van der Waals surface area contributed by atoms with E-state index in [2.05, 4.69) is 9.97 Å². The average Bonchev–Trinajstić information content (AvgIpc) is 3.64. The molecule has 0 radical (unpaired) electrons. The first-order chi connectivity index (χ1) is 17.9. The second-order valence-electron chi connectivity index (χ2n) is 9.43. The van der Waals surface area contributed by atoms with Crippen molar-refractivity contribution >= 4 is 21.3 Å². The summed E-state index contributed by atoms with van der Waals surface area (Å²) in [7, 11) is -3.43. The zero-order chi connectivity index (χ0) is 27.5. The molecule has 3 aromatic heterocycles. The second kappa shape index (κ2) is 9.36. The van der Waals surface area contributed by atoms with E-state index >= 15 is 8.78 Å². The predicted molar refractivity (Wildman–Crippen MR) is 139 cm³/mol. The van der Waals surface area contributed by atoms with Gasteiger partial charge in [0.05, 0.1) is 26.0 Å². The van der Waals surface area contributed by atoms with Gasteiger partial charge in [-0.1, -0.05) is 17.7 Å². The number of benzene rings is 1. The third-order valence-corrected chi connectivity index (χ3v) is 8.26. The van der Waals surface area contributed by atoms with Gasteiger partial charge >= 0.3 is 0 Å². The molecule has 196 valence electrons. The van der Waals surface area contributed by atoms with Crippen LogP contribution in [0.25, 0.3) is 16.9 Å². The maximum Gasteiger partial charge on any atom is 0.274 e. The molecule has 1 aromatic carbocycles. The Hall–Kier alpha value is -3.50. The van der Waals surface area contributed by atoms with Gasteiger partial charge in [-0.3, -0.25) is 19.3 Å². The Labute approximate surface area is 222 Å². The summed E-state index contributed by atoms with van der Waals surface area (Å²) in [6, 6.07) is 8.34. The number of nitrogens with one attached hydrogen (secondary N) is 1. The van der Waals surface area contributed by atoms with Gasteiger partial charge in [0.2, 0.25) is 0 Å². The predicted octanol–water partition coefficient (Wildman–Crippen LogP) is 6.29. The molecular formula is C27H22ClF3N4O2S. The first-order valence-electron chi connectivity index (χ1n) is 11.6.